The highest BCUT2D eigenvalue weighted by molar-refractivity contribution is 7.09. The maximum atomic E-state index is 4.52. The Morgan fingerprint density at radius 2 is 2.09 bits per heavy atom. The Morgan fingerprint density at radius 1 is 1.26 bits per heavy atom. The van der Waals surface area contributed by atoms with Crippen molar-refractivity contribution in [1.82, 2.24) is 24.3 Å². The number of rotatable bonds is 6. The first-order chi connectivity index (χ1) is 11.0. The summed E-state index contributed by atoms with van der Waals surface area (Å²) in [4.78, 5) is 15.8. The molecule has 0 amide bonds. The summed E-state index contributed by atoms with van der Waals surface area (Å²) in [6.07, 6.45) is 4.82. The summed E-state index contributed by atoms with van der Waals surface area (Å²) in [5, 5.41) is 3.24. The van der Waals surface area contributed by atoms with Crippen LogP contribution in [0.1, 0.15) is 35.9 Å². The summed E-state index contributed by atoms with van der Waals surface area (Å²) >= 11 is 1.73. The third-order valence-corrected chi connectivity index (χ3v) is 4.89. The highest BCUT2D eigenvalue weighted by Gasteiger charge is 2.15. The lowest BCUT2D eigenvalue weighted by Gasteiger charge is -2.26. The summed E-state index contributed by atoms with van der Waals surface area (Å²) in [6, 6.07) is 2.58. The number of fused-ring (bicyclic) bond motifs is 1. The van der Waals surface area contributed by atoms with Crippen LogP contribution >= 0.6 is 11.3 Å². The van der Waals surface area contributed by atoms with E-state index in [4.69, 9.17) is 0 Å². The molecule has 3 heterocycles. The number of nitrogens with zero attached hydrogens (tertiary/aromatic N) is 5. The molecule has 0 saturated heterocycles. The van der Waals surface area contributed by atoms with Gasteiger partial charge in [-0.05, 0) is 33.8 Å². The summed E-state index contributed by atoms with van der Waals surface area (Å²) in [7, 11) is 0. The van der Waals surface area contributed by atoms with Gasteiger partial charge < -0.3 is 0 Å². The van der Waals surface area contributed by atoms with Crippen LogP contribution in [0.2, 0.25) is 0 Å². The number of hydrogen-bond acceptors (Lipinski definition) is 5. The van der Waals surface area contributed by atoms with Crippen molar-refractivity contribution in [2.75, 3.05) is 6.54 Å². The highest BCUT2D eigenvalue weighted by atomic mass is 32.1. The van der Waals surface area contributed by atoms with Gasteiger partial charge in [-0.3, -0.25) is 9.30 Å². The van der Waals surface area contributed by atoms with Gasteiger partial charge in [0.05, 0.1) is 16.9 Å². The zero-order chi connectivity index (χ0) is 16.4. The van der Waals surface area contributed by atoms with Gasteiger partial charge >= 0.3 is 0 Å². The molecular weight excluding hydrogens is 306 g/mol. The predicted molar refractivity (Wildman–Crippen MR) is 93.8 cm³/mol. The van der Waals surface area contributed by atoms with Gasteiger partial charge in [0.25, 0.3) is 0 Å². The molecule has 6 heteroatoms. The van der Waals surface area contributed by atoms with E-state index < -0.39 is 0 Å². The predicted octanol–water partition coefficient (Wildman–Crippen LogP) is 3.26. The lowest BCUT2D eigenvalue weighted by atomic mass is 10.2. The van der Waals surface area contributed by atoms with Crippen molar-refractivity contribution in [2.24, 2.45) is 0 Å². The van der Waals surface area contributed by atoms with Crippen LogP contribution in [-0.2, 0) is 13.0 Å². The van der Waals surface area contributed by atoms with Crippen molar-refractivity contribution in [3.05, 3.63) is 45.9 Å². The van der Waals surface area contributed by atoms with Crippen LogP contribution in [0.15, 0.2) is 23.8 Å². The Hall–Kier alpha value is -1.79. The molecule has 0 aliphatic rings. The van der Waals surface area contributed by atoms with E-state index >= 15 is 0 Å². The average molecular weight is 329 g/mol. The molecule has 3 aromatic rings. The molecule has 122 valence electrons. The second kappa shape index (κ2) is 6.76. The number of aromatic nitrogens is 4. The fourth-order valence-corrected chi connectivity index (χ4v) is 3.46. The Bertz CT molecular complexity index is 776. The first-order valence-corrected chi connectivity index (χ1v) is 8.85. The monoisotopic (exact) mass is 329 g/mol. The number of imidazole rings is 1. The van der Waals surface area contributed by atoms with E-state index in [1.807, 2.05) is 24.7 Å². The van der Waals surface area contributed by atoms with Crippen LogP contribution in [0.25, 0.3) is 5.78 Å². The number of aryl methyl sites for hydroxylation is 2. The number of hydrogen-bond donors (Lipinski definition) is 0. The zero-order valence-electron chi connectivity index (χ0n) is 14.2. The molecule has 3 aromatic heterocycles. The van der Waals surface area contributed by atoms with Gasteiger partial charge in [0.15, 0.2) is 0 Å². The normalized spacial score (nSPS) is 11.9. The molecule has 0 N–H and O–H groups in total. The van der Waals surface area contributed by atoms with Crippen molar-refractivity contribution < 1.29 is 0 Å². The molecule has 0 atom stereocenters. The second-order valence-corrected chi connectivity index (χ2v) is 7.14. The molecule has 0 saturated carbocycles. The molecule has 3 rings (SSSR count). The maximum Gasteiger partial charge on any atom is 0.234 e. The van der Waals surface area contributed by atoms with Crippen LogP contribution in [-0.4, -0.2) is 36.8 Å². The van der Waals surface area contributed by atoms with Crippen molar-refractivity contribution >= 4 is 17.1 Å². The third-order valence-electron chi connectivity index (χ3n) is 4.05. The van der Waals surface area contributed by atoms with E-state index in [9.17, 15) is 0 Å². The second-order valence-electron chi connectivity index (χ2n) is 6.16. The van der Waals surface area contributed by atoms with E-state index in [2.05, 4.69) is 51.1 Å². The lowest BCUT2D eigenvalue weighted by molar-refractivity contribution is 0.212. The fourth-order valence-electron chi connectivity index (χ4n) is 2.85. The molecule has 0 unspecified atom stereocenters. The summed E-state index contributed by atoms with van der Waals surface area (Å²) in [6.45, 7) is 10.5. The largest absolute Gasteiger partial charge is 0.295 e. The first-order valence-electron chi connectivity index (χ1n) is 7.97. The quantitative estimate of drug-likeness (QED) is 0.696. The minimum atomic E-state index is 0.472. The molecule has 0 aromatic carbocycles. The molecule has 0 spiro atoms. The van der Waals surface area contributed by atoms with Crippen LogP contribution < -0.4 is 0 Å². The molecule has 0 fully saturated rings. The van der Waals surface area contributed by atoms with Crippen LogP contribution in [0, 0.1) is 13.8 Å². The Kier molecular flexibility index (Phi) is 4.73. The van der Waals surface area contributed by atoms with Crippen LogP contribution in [0.5, 0.6) is 0 Å². The Morgan fingerprint density at radius 3 is 2.78 bits per heavy atom. The van der Waals surface area contributed by atoms with E-state index in [-0.39, 0.29) is 0 Å². The van der Waals surface area contributed by atoms with Crippen molar-refractivity contribution in [2.45, 2.75) is 46.7 Å². The van der Waals surface area contributed by atoms with E-state index in [1.54, 1.807) is 11.3 Å². The topological polar surface area (TPSA) is 46.3 Å². The van der Waals surface area contributed by atoms with Crippen molar-refractivity contribution in [1.29, 1.82) is 0 Å². The Balaban J connectivity index is 1.80. The van der Waals surface area contributed by atoms with E-state index in [0.717, 1.165) is 31.0 Å². The van der Waals surface area contributed by atoms with Gasteiger partial charge in [-0.25, -0.2) is 15.0 Å². The van der Waals surface area contributed by atoms with E-state index in [0.29, 0.717) is 6.04 Å². The van der Waals surface area contributed by atoms with Crippen LogP contribution in [0.3, 0.4) is 0 Å². The maximum absolute atomic E-state index is 4.52. The van der Waals surface area contributed by atoms with Gasteiger partial charge in [0.2, 0.25) is 5.78 Å². The fraction of sp³-hybridized carbons (Fsp3) is 0.471. The van der Waals surface area contributed by atoms with Crippen molar-refractivity contribution in [3.8, 4) is 0 Å². The van der Waals surface area contributed by atoms with Crippen molar-refractivity contribution in [3.63, 3.8) is 0 Å². The van der Waals surface area contributed by atoms with Crippen LogP contribution in [0.4, 0.5) is 0 Å². The minimum absolute atomic E-state index is 0.472. The third kappa shape index (κ3) is 3.59. The molecule has 0 radical (unpaired) electrons. The lowest BCUT2D eigenvalue weighted by Crippen LogP contribution is -2.32. The molecular formula is C17H23N5S. The highest BCUT2D eigenvalue weighted by Crippen LogP contribution is 2.15. The van der Waals surface area contributed by atoms with Gasteiger partial charge in [0.1, 0.15) is 0 Å². The molecule has 23 heavy (non-hydrogen) atoms. The molecule has 0 aliphatic carbocycles. The van der Waals surface area contributed by atoms with Gasteiger partial charge in [-0.1, -0.05) is 0 Å². The average Bonchev–Trinajstić information content (AvgIpc) is 3.12. The molecule has 5 nitrogen and oxygen atoms in total. The molecule has 0 aliphatic heterocycles. The summed E-state index contributed by atoms with van der Waals surface area (Å²) in [5.41, 5.74) is 3.39. The zero-order valence-corrected chi connectivity index (χ0v) is 15.0. The first kappa shape index (κ1) is 16.1. The van der Waals surface area contributed by atoms with E-state index in [1.165, 1.54) is 16.4 Å². The Labute approximate surface area is 141 Å². The van der Waals surface area contributed by atoms with Gasteiger partial charge in [0, 0.05) is 48.5 Å². The smallest absolute Gasteiger partial charge is 0.234 e. The molecule has 0 bridgehead atoms. The number of thiazole rings is 1. The standard InChI is InChI=1S/C17H23N5S/c1-12(2)21(7-5-16-18-6-8-23-16)11-15-10-19-17-20-13(3)9-14(4)22(15)17/h6,8-10,12H,5,7,11H2,1-4H3. The van der Waals surface area contributed by atoms with Gasteiger partial charge in [-0.2, -0.15) is 0 Å². The minimum Gasteiger partial charge on any atom is -0.295 e. The SMILES string of the molecule is Cc1cc(C)n2c(CN(CCc3nccs3)C(C)C)cnc2n1. The summed E-state index contributed by atoms with van der Waals surface area (Å²) < 4.78 is 2.16. The summed E-state index contributed by atoms with van der Waals surface area (Å²) in [5.74, 6) is 0.793. The van der Waals surface area contributed by atoms with Gasteiger partial charge in [-0.15, -0.1) is 11.3 Å².